The largest absolute Gasteiger partial charge is 0.370 e. The van der Waals surface area contributed by atoms with E-state index in [0.29, 0.717) is 0 Å². The number of nitrogens with zero attached hydrogens (tertiary/aromatic N) is 3. The Morgan fingerprint density at radius 2 is 1.87 bits per heavy atom. The molecule has 0 saturated heterocycles. The van der Waals surface area contributed by atoms with Crippen LogP contribution in [0.3, 0.4) is 0 Å². The van der Waals surface area contributed by atoms with E-state index in [1.54, 1.807) is 0 Å². The molecule has 3 atom stereocenters. The first-order valence-electron chi connectivity index (χ1n) is 7.79. The first-order chi connectivity index (χ1) is 11.3. The van der Waals surface area contributed by atoms with Crippen LogP contribution >= 0.6 is 0 Å². The van der Waals surface area contributed by atoms with Crippen molar-refractivity contribution in [3.8, 4) is 6.07 Å². The van der Waals surface area contributed by atoms with Crippen LogP contribution in [0.15, 0.2) is 59.8 Å². The summed E-state index contributed by atoms with van der Waals surface area (Å²) in [5.41, 5.74) is 4.11. The Kier molecular flexibility index (Phi) is 3.27. The lowest BCUT2D eigenvalue weighted by Crippen LogP contribution is -2.48. The van der Waals surface area contributed by atoms with Gasteiger partial charge in [0.25, 0.3) is 0 Å². The van der Waals surface area contributed by atoms with Crippen molar-refractivity contribution in [3.63, 3.8) is 0 Å². The number of benzene rings is 2. The SMILES string of the molecule is CN1c2ccccc2[C@@H](C#N)[C@H]2CC(c3ccccc3)=NO[C@H]21. The molecule has 4 nitrogen and oxygen atoms in total. The second-order valence-corrected chi connectivity index (χ2v) is 6.04. The van der Waals surface area contributed by atoms with Crippen molar-refractivity contribution in [2.24, 2.45) is 11.1 Å². The number of rotatable bonds is 1. The van der Waals surface area contributed by atoms with Crippen molar-refractivity contribution in [2.75, 3.05) is 11.9 Å². The Labute approximate surface area is 135 Å². The van der Waals surface area contributed by atoms with Gasteiger partial charge in [-0.3, -0.25) is 0 Å². The molecule has 2 aromatic rings. The van der Waals surface area contributed by atoms with E-state index >= 15 is 0 Å². The van der Waals surface area contributed by atoms with Gasteiger partial charge in [0.2, 0.25) is 6.23 Å². The van der Waals surface area contributed by atoms with Crippen LogP contribution in [0.2, 0.25) is 0 Å². The van der Waals surface area contributed by atoms with Crippen molar-refractivity contribution >= 4 is 11.4 Å². The first-order valence-corrected chi connectivity index (χ1v) is 7.79. The molecule has 4 heteroatoms. The predicted octanol–water partition coefficient (Wildman–Crippen LogP) is 3.51. The standard InChI is InChI=1S/C19H17N3O/c1-22-18-10-6-5-9-14(18)16(12-20)15-11-17(21-23-19(15)22)13-7-3-2-4-8-13/h2-10,15-16,19H,11H2,1H3/t15-,16-,19-/m1/s1. The Hall–Kier alpha value is -2.80. The zero-order valence-electron chi connectivity index (χ0n) is 12.9. The highest BCUT2D eigenvalue weighted by molar-refractivity contribution is 6.00. The third-order valence-electron chi connectivity index (χ3n) is 4.77. The summed E-state index contributed by atoms with van der Waals surface area (Å²) in [5.74, 6) is -0.103. The van der Waals surface area contributed by atoms with Crippen LogP contribution < -0.4 is 4.90 Å². The average molecular weight is 303 g/mol. The minimum Gasteiger partial charge on any atom is -0.370 e. The molecule has 2 aromatic carbocycles. The van der Waals surface area contributed by atoms with Gasteiger partial charge in [-0.2, -0.15) is 5.26 Å². The maximum atomic E-state index is 9.76. The molecule has 23 heavy (non-hydrogen) atoms. The molecule has 0 spiro atoms. The van der Waals surface area contributed by atoms with Crippen LogP contribution in [0.1, 0.15) is 23.5 Å². The normalized spacial score (nSPS) is 25.5. The lowest BCUT2D eigenvalue weighted by atomic mass is 9.77. The Morgan fingerprint density at radius 3 is 2.65 bits per heavy atom. The van der Waals surface area contributed by atoms with E-state index in [4.69, 9.17) is 4.84 Å². The molecular weight excluding hydrogens is 286 g/mol. The van der Waals surface area contributed by atoms with E-state index in [-0.39, 0.29) is 18.1 Å². The van der Waals surface area contributed by atoms with E-state index in [1.165, 1.54) is 0 Å². The topological polar surface area (TPSA) is 48.6 Å². The summed E-state index contributed by atoms with van der Waals surface area (Å²) in [6, 6.07) is 20.6. The summed E-state index contributed by atoms with van der Waals surface area (Å²) >= 11 is 0. The van der Waals surface area contributed by atoms with Crippen LogP contribution in [0.5, 0.6) is 0 Å². The Morgan fingerprint density at radius 1 is 1.13 bits per heavy atom. The molecule has 0 unspecified atom stereocenters. The molecule has 2 heterocycles. The monoisotopic (exact) mass is 303 g/mol. The maximum absolute atomic E-state index is 9.76. The highest BCUT2D eigenvalue weighted by Crippen LogP contribution is 2.44. The van der Waals surface area contributed by atoms with Gasteiger partial charge >= 0.3 is 0 Å². The lowest BCUT2D eigenvalue weighted by Gasteiger charge is -2.44. The molecule has 2 aliphatic heterocycles. The van der Waals surface area contributed by atoms with E-state index < -0.39 is 0 Å². The van der Waals surface area contributed by atoms with Gasteiger partial charge in [-0.1, -0.05) is 53.7 Å². The summed E-state index contributed by atoms with van der Waals surface area (Å²) in [6.45, 7) is 0. The van der Waals surface area contributed by atoms with E-state index in [0.717, 1.165) is 28.9 Å². The van der Waals surface area contributed by atoms with Crippen molar-refractivity contribution in [1.82, 2.24) is 0 Å². The van der Waals surface area contributed by atoms with Crippen LogP contribution in [-0.4, -0.2) is 19.0 Å². The number of nitriles is 1. The quantitative estimate of drug-likeness (QED) is 0.810. The van der Waals surface area contributed by atoms with Gasteiger partial charge in [0, 0.05) is 25.1 Å². The van der Waals surface area contributed by atoms with Crippen LogP contribution in [0, 0.1) is 17.2 Å². The molecule has 2 aliphatic rings. The lowest BCUT2D eigenvalue weighted by molar-refractivity contribution is -0.00182. The third kappa shape index (κ3) is 2.17. The molecule has 0 aromatic heterocycles. The van der Waals surface area contributed by atoms with Crippen LogP contribution in [0.4, 0.5) is 5.69 Å². The number of para-hydroxylation sites is 1. The minimum atomic E-state index is -0.193. The van der Waals surface area contributed by atoms with Crippen molar-refractivity contribution in [3.05, 3.63) is 65.7 Å². The summed E-state index contributed by atoms with van der Waals surface area (Å²) in [4.78, 5) is 7.91. The highest BCUT2D eigenvalue weighted by Gasteiger charge is 2.44. The number of hydrogen-bond donors (Lipinski definition) is 0. The minimum absolute atomic E-state index is 0.0765. The summed E-state index contributed by atoms with van der Waals surface area (Å²) < 4.78 is 0. The highest BCUT2D eigenvalue weighted by atomic mass is 16.7. The van der Waals surface area contributed by atoms with Gasteiger partial charge < -0.3 is 9.74 Å². The summed E-state index contributed by atoms with van der Waals surface area (Å²) in [5, 5.41) is 14.1. The van der Waals surface area contributed by atoms with E-state index in [2.05, 4.69) is 16.1 Å². The van der Waals surface area contributed by atoms with E-state index in [9.17, 15) is 5.26 Å². The number of anilines is 1. The van der Waals surface area contributed by atoms with E-state index in [1.807, 2.05) is 61.6 Å². The van der Waals surface area contributed by atoms with Crippen molar-refractivity contribution in [1.29, 1.82) is 5.26 Å². The van der Waals surface area contributed by atoms with Crippen LogP contribution in [0.25, 0.3) is 0 Å². The average Bonchev–Trinajstić information content (AvgIpc) is 2.63. The number of hydrogen-bond acceptors (Lipinski definition) is 4. The maximum Gasteiger partial charge on any atom is 0.204 e. The summed E-state index contributed by atoms with van der Waals surface area (Å²) in [6.07, 6.45) is 0.549. The zero-order chi connectivity index (χ0) is 15.8. The smallest absolute Gasteiger partial charge is 0.204 e. The van der Waals surface area contributed by atoms with Gasteiger partial charge in [0.05, 0.1) is 17.7 Å². The number of fused-ring (bicyclic) bond motifs is 2. The fourth-order valence-electron chi connectivity index (χ4n) is 3.60. The molecule has 0 N–H and O–H groups in total. The van der Waals surface area contributed by atoms with Gasteiger partial charge in [-0.05, 0) is 17.2 Å². The van der Waals surface area contributed by atoms with Gasteiger partial charge in [-0.15, -0.1) is 0 Å². The second kappa shape index (κ2) is 5.44. The molecule has 0 amide bonds. The predicted molar refractivity (Wildman–Crippen MR) is 89.2 cm³/mol. The van der Waals surface area contributed by atoms with Gasteiger partial charge in [-0.25, -0.2) is 0 Å². The first kappa shape index (κ1) is 13.8. The fraction of sp³-hybridized carbons (Fsp3) is 0.263. The molecule has 4 rings (SSSR count). The molecule has 0 fully saturated rings. The summed E-state index contributed by atoms with van der Waals surface area (Å²) in [7, 11) is 2.01. The molecule has 114 valence electrons. The van der Waals surface area contributed by atoms with Crippen molar-refractivity contribution < 1.29 is 4.84 Å². The Bertz CT molecular complexity index is 794. The second-order valence-electron chi connectivity index (χ2n) is 6.04. The van der Waals surface area contributed by atoms with Crippen molar-refractivity contribution in [2.45, 2.75) is 18.6 Å². The molecular formula is C19H17N3O. The van der Waals surface area contributed by atoms with Crippen LogP contribution in [-0.2, 0) is 4.84 Å². The Balaban J connectivity index is 1.74. The number of oxime groups is 1. The molecule has 0 saturated carbocycles. The van der Waals surface area contributed by atoms with Gasteiger partial charge in [0.15, 0.2) is 0 Å². The third-order valence-corrected chi connectivity index (χ3v) is 4.77. The molecule has 0 bridgehead atoms. The van der Waals surface area contributed by atoms with Gasteiger partial charge in [0.1, 0.15) is 0 Å². The molecule has 0 radical (unpaired) electrons. The zero-order valence-corrected chi connectivity index (χ0v) is 12.9. The molecule has 0 aliphatic carbocycles. The fourth-order valence-corrected chi connectivity index (χ4v) is 3.60.